The minimum atomic E-state index is -0.383. The highest BCUT2D eigenvalue weighted by Crippen LogP contribution is 2.62. The first-order valence-electron chi connectivity index (χ1n) is 16.6. The molecule has 2 fully saturated rings. The van der Waals surface area contributed by atoms with E-state index in [2.05, 4.69) is 48.5 Å². The van der Waals surface area contributed by atoms with E-state index in [9.17, 15) is 19.2 Å². The van der Waals surface area contributed by atoms with Crippen molar-refractivity contribution in [3.63, 3.8) is 0 Å². The van der Waals surface area contributed by atoms with Gasteiger partial charge >= 0.3 is 0 Å². The van der Waals surface area contributed by atoms with Crippen LogP contribution in [0.4, 0.5) is 0 Å². The maximum atomic E-state index is 14.0. The summed E-state index contributed by atoms with van der Waals surface area (Å²) in [5, 5.41) is 0. The first kappa shape index (κ1) is 26.4. The Kier molecular flexibility index (Phi) is 5.36. The molecule has 12 rings (SSSR count). The second-order valence-electron chi connectivity index (χ2n) is 13.9. The van der Waals surface area contributed by atoms with Crippen LogP contribution in [0, 0.1) is 23.7 Å². The van der Waals surface area contributed by atoms with Gasteiger partial charge in [0.1, 0.15) is 0 Å². The molecule has 0 spiro atoms. The predicted molar refractivity (Wildman–Crippen MR) is 170 cm³/mol. The summed E-state index contributed by atoms with van der Waals surface area (Å²) in [5.74, 6) is -2.33. The largest absolute Gasteiger partial charge is 0.282 e. The zero-order valence-corrected chi connectivity index (χ0v) is 25.2. The Morgan fingerprint density at radius 2 is 0.543 bits per heavy atom. The average molecular weight is 605 g/mol. The molecule has 0 N–H and O–H groups in total. The summed E-state index contributed by atoms with van der Waals surface area (Å²) in [4.78, 5) is 58.8. The molecule has 226 valence electrons. The van der Waals surface area contributed by atoms with Gasteiger partial charge in [-0.25, -0.2) is 0 Å². The number of unbranched alkanes of at least 4 members (excludes halogenated alkanes) is 1. The quantitative estimate of drug-likeness (QED) is 0.221. The number of rotatable bonds is 5. The monoisotopic (exact) mass is 604 g/mol. The highest BCUT2D eigenvalue weighted by molar-refractivity contribution is 6.08. The third-order valence-corrected chi connectivity index (χ3v) is 12.1. The third-order valence-electron chi connectivity index (χ3n) is 12.1. The molecule has 4 bridgehead atoms. The van der Waals surface area contributed by atoms with Gasteiger partial charge in [0.2, 0.25) is 23.6 Å². The summed E-state index contributed by atoms with van der Waals surface area (Å²) in [6.45, 7) is 0.615. The maximum absolute atomic E-state index is 14.0. The summed E-state index contributed by atoms with van der Waals surface area (Å²) in [6.07, 6.45) is 1.09. The number of benzene rings is 4. The van der Waals surface area contributed by atoms with Gasteiger partial charge in [0.15, 0.2) is 0 Å². The lowest BCUT2D eigenvalue weighted by Gasteiger charge is -2.45. The molecule has 6 aliphatic carbocycles. The van der Waals surface area contributed by atoms with Gasteiger partial charge in [0, 0.05) is 36.8 Å². The zero-order chi connectivity index (χ0) is 30.8. The van der Waals surface area contributed by atoms with Gasteiger partial charge in [0.05, 0.1) is 23.7 Å². The summed E-state index contributed by atoms with van der Waals surface area (Å²) in [5.41, 5.74) is 9.34. The molecule has 0 aromatic heterocycles. The first-order chi connectivity index (χ1) is 22.6. The van der Waals surface area contributed by atoms with Crippen LogP contribution in [0.1, 0.15) is 81.0 Å². The summed E-state index contributed by atoms with van der Waals surface area (Å²) in [7, 11) is 0. The van der Waals surface area contributed by atoms with E-state index in [0.717, 1.165) is 0 Å². The molecule has 4 unspecified atom stereocenters. The average Bonchev–Trinajstić information content (AvgIpc) is 3.51. The van der Waals surface area contributed by atoms with Crippen molar-refractivity contribution < 1.29 is 19.2 Å². The molecule has 0 saturated carbocycles. The fourth-order valence-electron chi connectivity index (χ4n) is 10.5. The smallest absolute Gasteiger partial charge is 0.234 e. The lowest BCUT2D eigenvalue weighted by Crippen LogP contribution is -2.41. The van der Waals surface area contributed by atoms with E-state index in [1.54, 1.807) is 0 Å². The minimum absolute atomic E-state index is 0.0829. The van der Waals surface area contributed by atoms with Crippen molar-refractivity contribution in [2.75, 3.05) is 13.1 Å². The van der Waals surface area contributed by atoms with Gasteiger partial charge in [-0.1, -0.05) is 97.1 Å². The number of likely N-dealkylation sites (tertiary alicyclic amines) is 2. The van der Waals surface area contributed by atoms with Gasteiger partial charge in [0.25, 0.3) is 0 Å². The molecule has 0 radical (unpaired) electrons. The molecule has 2 heterocycles. The van der Waals surface area contributed by atoms with Gasteiger partial charge in [-0.15, -0.1) is 0 Å². The Hall–Kier alpha value is -4.84. The summed E-state index contributed by atoms with van der Waals surface area (Å²) in [6, 6.07) is 33.1. The van der Waals surface area contributed by atoms with Gasteiger partial charge in [-0.05, 0) is 57.3 Å². The van der Waals surface area contributed by atoms with Crippen LogP contribution in [0.2, 0.25) is 0 Å². The van der Waals surface area contributed by atoms with Crippen molar-refractivity contribution in [3.8, 4) is 0 Å². The minimum Gasteiger partial charge on any atom is -0.282 e. The van der Waals surface area contributed by atoms with Crippen molar-refractivity contribution in [1.29, 1.82) is 0 Å². The van der Waals surface area contributed by atoms with E-state index in [0.29, 0.717) is 25.9 Å². The molecule has 8 aliphatic rings. The van der Waals surface area contributed by atoms with E-state index in [-0.39, 0.29) is 71.0 Å². The fourth-order valence-corrected chi connectivity index (χ4v) is 10.5. The van der Waals surface area contributed by atoms with E-state index >= 15 is 0 Å². The van der Waals surface area contributed by atoms with E-state index in [1.165, 1.54) is 54.3 Å². The van der Waals surface area contributed by atoms with Crippen molar-refractivity contribution in [2.45, 2.75) is 36.5 Å². The molecule has 4 aromatic rings. The van der Waals surface area contributed by atoms with Crippen molar-refractivity contribution >= 4 is 23.6 Å². The molecule has 4 aromatic carbocycles. The highest BCUT2D eigenvalue weighted by atomic mass is 16.2. The zero-order valence-electron chi connectivity index (χ0n) is 25.2. The van der Waals surface area contributed by atoms with Crippen molar-refractivity contribution in [1.82, 2.24) is 9.80 Å². The Morgan fingerprint density at radius 3 is 0.739 bits per heavy atom. The number of carbonyl (C=O) groups excluding carboxylic acids is 4. The topological polar surface area (TPSA) is 74.8 Å². The molecule has 4 atom stereocenters. The van der Waals surface area contributed by atoms with Crippen molar-refractivity contribution in [2.24, 2.45) is 23.7 Å². The lowest BCUT2D eigenvalue weighted by molar-refractivity contribution is -0.142. The fraction of sp³-hybridized carbons (Fsp3) is 0.300. The van der Waals surface area contributed by atoms with E-state index < -0.39 is 0 Å². The Bertz CT molecular complexity index is 1660. The van der Waals surface area contributed by atoms with E-state index in [1.807, 2.05) is 48.5 Å². The molecule has 2 aliphatic heterocycles. The van der Waals surface area contributed by atoms with Crippen LogP contribution in [0.25, 0.3) is 0 Å². The Balaban J connectivity index is 0.877. The number of hydrogen-bond donors (Lipinski definition) is 0. The van der Waals surface area contributed by atoms with Crippen LogP contribution in [0.15, 0.2) is 97.1 Å². The standard InChI is InChI=1S/C40H32N2O4/c43-37-33-29-21-11-1-2-12-22(21)30(24-14-4-3-13-23(24)29)34(33)38(44)41(37)19-9-10-20-42-39(45)35-31-25-15-5-6-16-26(25)32(36(35)40(42)46)28-18-8-7-17-27(28)31/h1-8,11-18,29-36H,9-10,19-20H2. The van der Waals surface area contributed by atoms with Crippen LogP contribution in [0.5, 0.6) is 0 Å². The second kappa shape index (κ2) is 9.35. The van der Waals surface area contributed by atoms with Gasteiger partial charge in [-0.3, -0.25) is 29.0 Å². The van der Waals surface area contributed by atoms with Crippen LogP contribution in [0.3, 0.4) is 0 Å². The van der Waals surface area contributed by atoms with Gasteiger partial charge in [-0.2, -0.15) is 0 Å². The summed E-state index contributed by atoms with van der Waals surface area (Å²) < 4.78 is 0. The third kappa shape index (κ3) is 3.17. The number of carbonyl (C=O) groups is 4. The van der Waals surface area contributed by atoms with Crippen LogP contribution >= 0.6 is 0 Å². The van der Waals surface area contributed by atoms with Crippen LogP contribution in [-0.2, 0) is 19.2 Å². The number of hydrogen-bond acceptors (Lipinski definition) is 4. The van der Waals surface area contributed by atoms with Crippen LogP contribution in [-0.4, -0.2) is 46.5 Å². The number of imide groups is 2. The van der Waals surface area contributed by atoms with Gasteiger partial charge < -0.3 is 0 Å². The maximum Gasteiger partial charge on any atom is 0.234 e. The predicted octanol–water partition coefficient (Wildman–Crippen LogP) is 5.55. The molecule has 6 heteroatoms. The SMILES string of the molecule is O=C1C2C3c4ccccc4C(c4ccccc43)C2C(=O)N1CCCCN1C(=O)C2C3c4ccccc4C(c4ccccc43)C2C1=O. The Morgan fingerprint density at radius 1 is 0.348 bits per heavy atom. The molecule has 6 nitrogen and oxygen atoms in total. The van der Waals surface area contributed by atoms with E-state index in [4.69, 9.17) is 0 Å². The summed E-state index contributed by atoms with van der Waals surface area (Å²) >= 11 is 0. The van der Waals surface area contributed by atoms with Crippen molar-refractivity contribution in [3.05, 3.63) is 142 Å². The number of nitrogens with zero attached hydrogens (tertiary/aromatic N) is 2. The second-order valence-corrected chi connectivity index (χ2v) is 13.9. The van der Waals surface area contributed by atoms with Crippen LogP contribution < -0.4 is 0 Å². The Labute approximate surface area is 267 Å². The normalized spacial score (nSPS) is 30.6. The highest BCUT2D eigenvalue weighted by Gasteiger charge is 2.62. The molecule has 2 saturated heterocycles. The number of amides is 4. The molecular weight excluding hydrogens is 572 g/mol. The first-order valence-corrected chi connectivity index (χ1v) is 16.6. The molecule has 46 heavy (non-hydrogen) atoms. The molecular formula is C40H32N2O4. The molecule has 4 amide bonds. The lowest BCUT2D eigenvalue weighted by atomic mass is 9.55.